The van der Waals surface area contributed by atoms with Crippen LogP contribution in [0.1, 0.15) is 30.9 Å². The summed E-state index contributed by atoms with van der Waals surface area (Å²) in [5, 5.41) is 0.715. The molecule has 3 rings (SSSR count). The van der Waals surface area contributed by atoms with Crippen LogP contribution in [0, 0.1) is 5.92 Å². The molecule has 0 spiro atoms. The zero-order valence-electron chi connectivity index (χ0n) is 17.4. The molecule has 1 saturated heterocycles. The number of methoxy groups -OCH3 is 1. The van der Waals surface area contributed by atoms with Crippen LogP contribution in [-0.2, 0) is 17.8 Å². The van der Waals surface area contributed by atoms with Crippen LogP contribution in [0.5, 0.6) is 5.75 Å². The highest BCUT2D eigenvalue weighted by atomic mass is 35.5. The average molecular weight is 415 g/mol. The van der Waals surface area contributed by atoms with Gasteiger partial charge in [-0.2, -0.15) is 0 Å². The number of halogens is 1. The highest BCUT2D eigenvalue weighted by Crippen LogP contribution is 2.17. The predicted octanol–water partition coefficient (Wildman–Crippen LogP) is 4.65. The summed E-state index contributed by atoms with van der Waals surface area (Å²) >= 11 is 6.02. The Hall–Kier alpha value is -2.04. The fraction of sp³-hybridized carbons (Fsp3) is 0.458. The first kappa shape index (κ1) is 21.7. The first-order valence-corrected chi connectivity index (χ1v) is 10.8. The third-order valence-corrected chi connectivity index (χ3v) is 5.97. The first-order chi connectivity index (χ1) is 14.0. The minimum absolute atomic E-state index is 0.149. The molecule has 0 saturated carbocycles. The van der Waals surface area contributed by atoms with E-state index in [1.54, 1.807) is 7.11 Å². The predicted molar refractivity (Wildman–Crippen MR) is 118 cm³/mol. The second kappa shape index (κ2) is 10.7. The molecule has 1 fully saturated rings. The highest BCUT2D eigenvalue weighted by Gasteiger charge is 2.19. The molecule has 0 aliphatic carbocycles. The number of ether oxygens (including phenoxy) is 1. The maximum Gasteiger partial charge on any atom is 0.227 e. The van der Waals surface area contributed by atoms with Gasteiger partial charge in [0.2, 0.25) is 5.91 Å². The monoisotopic (exact) mass is 414 g/mol. The molecule has 1 amide bonds. The summed E-state index contributed by atoms with van der Waals surface area (Å²) in [6, 6.07) is 15.5. The van der Waals surface area contributed by atoms with E-state index in [4.69, 9.17) is 16.3 Å². The molecule has 0 radical (unpaired) electrons. The van der Waals surface area contributed by atoms with Crippen molar-refractivity contribution in [2.24, 2.45) is 5.92 Å². The van der Waals surface area contributed by atoms with Crippen molar-refractivity contribution in [3.63, 3.8) is 0 Å². The first-order valence-electron chi connectivity index (χ1n) is 10.4. The second-order valence-corrected chi connectivity index (χ2v) is 8.43. The van der Waals surface area contributed by atoms with Crippen LogP contribution in [0.25, 0.3) is 0 Å². The number of carbonyl (C=O) groups is 1. The number of nitrogens with zero attached hydrogens (tertiary/aromatic N) is 2. The van der Waals surface area contributed by atoms with Crippen molar-refractivity contribution in [2.75, 3.05) is 33.3 Å². The van der Waals surface area contributed by atoms with E-state index in [2.05, 4.69) is 11.8 Å². The molecule has 0 aromatic heterocycles. The fourth-order valence-electron chi connectivity index (χ4n) is 3.68. The van der Waals surface area contributed by atoms with Crippen LogP contribution in [0.4, 0.5) is 0 Å². The third kappa shape index (κ3) is 6.76. The SMILES string of the molecule is COc1ccc(CC(=O)N(CCN2CCC(C)CC2)Cc2ccc(Cl)cc2)cc1. The smallest absolute Gasteiger partial charge is 0.227 e. The molecule has 1 heterocycles. The zero-order valence-corrected chi connectivity index (χ0v) is 18.2. The quantitative estimate of drug-likeness (QED) is 0.630. The van der Waals surface area contributed by atoms with E-state index in [0.29, 0.717) is 18.0 Å². The van der Waals surface area contributed by atoms with Crippen LogP contribution < -0.4 is 4.74 Å². The molecule has 29 heavy (non-hydrogen) atoms. The molecule has 0 N–H and O–H groups in total. The van der Waals surface area contributed by atoms with Crippen LogP contribution in [0.2, 0.25) is 5.02 Å². The van der Waals surface area contributed by atoms with Crippen LogP contribution >= 0.6 is 11.6 Å². The van der Waals surface area contributed by atoms with Crippen molar-refractivity contribution in [2.45, 2.75) is 32.7 Å². The number of amides is 1. The minimum Gasteiger partial charge on any atom is -0.497 e. The van der Waals surface area contributed by atoms with Gasteiger partial charge in [0.1, 0.15) is 5.75 Å². The second-order valence-electron chi connectivity index (χ2n) is 7.99. The third-order valence-electron chi connectivity index (χ3n) is 5.72. The molecule has 0 unspecified atom stereocenters. The van der Waals surface area contributed by atoms with Crippen molar-refractivity contribution in [3.05, 3.63) is 64.7 Å². The highest BCUT2D eigenvalue weighted by molar-refractivity contribution is 6.30. The minimum atomic E-state index is 0.149. The number of hydrogen-bond donors (Lipinski definition) is 0. The summed E-state index contributed by atoms with van der Waals surface area (Å²) < 4.78 is 5.21. The Morgan fingerprint density at radius 3 is 2.31 bits per heavy atom. The van der Waals surface area contributed by atoms with Crippen molar-refractivity contribution >= 4 is 17.5 Å². The lowest BCUT2D eigenvalue weighted by atomic mass is 9.99. The van der Waals surface area contributed by atoms with Gasteiger partial charge in [0.05, 0.1) is 13.5 Å². The Bertz CT molecular complexity index is 768. The number of piperidine rings is 1. The van der Waals surface area contributed by atoms with E-state index in [0.717, 1.165) is 49.0 Å². The largest absolute Gasteiger partial charge is 0.497 e. The summed E-state index contributed by atoms with van der Waals surface area (Å²) in [5.74, 6) is 1.77. The molecular weight excluding hydrogens is 384 g/mol. The molecule has 0 bridgehead atoms. The van der Waals surface area contributed by atoms with E-state index < -0.39 is 0 Å². The summed E-state index contributed by atoms with van der Waals surface area (Å²) in [6.45, 7) is 6.85. The number of benzene rings is 2. The summed E-state index contributed by atoms with van der Waals surface area (Å²) in [7, 11) is 1.65. The van der Waals surface area contributed by atoms with Gasteiger partial charge in [0.25, 0.3) is 0 Å². The van der Waals surface area contributed by atoms with E-state index in [-0.39, 0.29) is 5.91 Å². The van der Waals surface area contributed by atoms with Crippen molar-refractivity contribution in [1.29, 1.82) is 0 Å². The molecule has 1 aliphatic rings. The molecule has 0 atom stereocenters. The number of hydrogen-bond acceptors (Lipinski definition) is 3. The van der Waals surface area contributed by atoms with Gasteiger partial charge in [-0.3, -0.25) is 4.79 Å². The van der Waals surface area contributed by atoms with E-state index >= 15 is 0 Å². The molecule has 2 aromatic carbocycles. The molecule has 4 nitrogen and oxygen atoms in total. The van der Waals surface area contributed by atoms with Gasteiger partial charge in [-0.25, -0.2) is 0 Å². The normalized spacial score (nSPS) is 15.3. The molecule has 2 aromatic rings. The maximum absolute atomic E-state index is 13.1. The van der Waals surface area contributed by atoms with Crippen molar-refractivity contribution < 1.29 is 9.53 Å². The number of carbonyl (C=O) groups excluding carboxylic acids is 1. The van der Waals surface area contributed by atoms with Crippen molar-refractivity contribution in [1.82, 2.24) is 9.80 Å². The lowest BCUT2D eigenvalue weighted by Crippen LogP contribution is -2.41. The average Bonchev–Trinajstić information content (AvgIpc) is 2.74. The summed E-state index contributed by atoms with van der Waals surface area (Å²) in [4.78, 5) is 17.6. The topological polar surface area (TPSA) is 32.8 Å². The van der Waals surface area contributed by atoms with Gasteiger partial charge in [0.15, 0.2) is 0 Å². The molecule has 5 heteroatoms. The van der Waals surface area contributed by atoms with Gasteiger partial charge < -0.3 is 14.5 Å². The summed E-state index contributed by atoms with van der Waals surface area (Å²) in [5.41, 5.74) is 2.11. The van der Waals surface area contributed by atoms with Gasteiger partial charge in [-0.15, -0.1) is 0 Å². The Morgan fingerprint density at radius 1 is 1.07 bits per heavy atom. The lowest BCUT2D eigenvalue weighted by Gasteiger charge is -2.32. The van der Waals surface area contributed by atoms with Gasteiger partial charge in [0, 0.05) is 24.7 Å². The lowest BCUT2D eigenvalue weighted by molar-refractivity contribution is -0.131. The number of rotatable bonds is 8. The summed E-state index contributed by atoms with van der Waals surface area (Å²) in [6.07, 6.45) is 2.89. The van der Waals surface area contributed by atoms with Gasteiger partial charge in [-0.05, 0) is 67.2 Å². The molecule has 1 aliphatic heterocycles. The Labute approximate surface area is 179 Å². The number of likely N-dealkylation sites (tertiary alicyclic amines) is 1. The molecular formula is C24H31ClN2O2. The maximum atomic E-state index is 13.1. The Balaban J connectivity index is 1.64. The van der Waals surface area contributed by atoms with Crippen LogP contribution in [0.15, 0.2) is 48.5 Å². The zero-order chi connectivity index (χ0) is 20.6. The Kier molecular flexibility index (Phi) is 7.96. The standard InChI is InChI=1S/C24H31ClN2O2/c1-19-11-13-26(14-12-19)15-16-27(18-21-3-7-22(25)8-4-21)24(28)17-20-5-9-23(29-2)10-6-20/h3-10,19H,11-18H2,1-2H3. The van der Waals surface area contributed by atoms with Crippen molar-refractivity contribution in [3.8, 4) is 5.75 Å². The van der Waals surface area contributed by atoms with E-state index in [1.807, 2.05) is 53.4 Å². The van der Waals surface area contributed by atoms with Gasteiger partial charge >= 0.3 is 0 Å². The molecule has 156 valence electrons. The van der Waals surface area contributed by atoms with E-state index in [9.17, 15) is 4.79 Å². The Morgan fingerprint density at radius 2 is 1.69 bits per heavy atom. The van der Waals surface area contributed by atoms with Crippen LogP contribution in [0.3, 0.4) is 0 Å². The fourth-order valence-corrected chi connectivity index (χ4v) is 3.81. The van der Waals surface area contributed by atoms with Crippen LogP contribution in [-0.4, -0.2) is 49.0 Å². The van der Waals surface area contributed by atoms with Gasteiger partial charge in [-0.1, -0.05) is 42.8 Å². The van der Waals surface area contributed by atoms with E-state index in [1.165, 1.54) is 12.8 Å².